The van der Waals surface area contributed by atoms with Gasteiger partial charge in [0, 0.05) is 12.0 Å². The molecule has 0 saturated heterocycles. The first-order valence-electron chi connectivity index (χ1n) is 9.68. The van der Waals surface area contributed by atoms with Crippen LogP contribution in [-0.2, 0) is 17.8 Å². The van der Waals surface area contributed by atoms with Crippen molar-refractivity contribution in [2.45, 2.75) is 13.0 Å². The van der Waals surface area contributed by atoms with Gasteiger partial charge in [0.05, 0.1) is 7.11 Å². The average molecular weight is 417 g/mol. The number of methoxy groups -OCH3 is 1. The Balaban J connectivity index is 1.60. The molecule has 2 N–H and O–H groups in total. The second-order valence-electron chi connectivity index (χ2n) is 6.80. The van der Waals surface area contributed by atoms with Crippen LogP contribution in [0, 0.1) is 0 Å². The monoisotopic (exact) mass is 417 g/mol. The lowest BCUT2D eigenvalue weighted by Crippen LogP contribution is -2.18. The number of carbonyl (C=O) groups excluding carboxylic acids is 2. The van der Waals surface area contributed by atoms with Gasteiger partial charge < -0.3 is 9.47 Å². The number of ketones is 1. The van der Waals surface area contributed by atoms with Gasteiger partial charge in [0.2, 0.25) is 0 Å². The second-order valence-corrected chi connectivity index (χ2v) is 6.80. The van der Waals surface area contributed by atoms with E-state index in [0.717, 1.165) is 16.7 Å². The summed E-state index contributed by atoms with van der Waals surface area (Å²) in [6.07, 6.45) is 3.43. The molecule has 3 aromatic rings. The highest BCUT2D eigenvalue weighted by Crippen LogP contribution is 2.29. The molecule has 3 rings (SSSR count). The maximum Gasteiger partial charge on any atom is 0.274 e. The van der Waals surface area contributed by atoms with E-state index >= 15 is 0 Å². The average Bonchev–Trinajstić information content (AvgIpc) is 2.82. The van der Waals surface area contributed by atoms with E-state index in [2.05, 4.69) is 0 Å². The van der Waals surface area contributed by atoms with Crippen molar-refractivity contribution in [1.29, 1.82) is 0 Å². The van der Waals surface area contributed by atoms with E-state index in [1.807, 2.05) is 48.5 Å². The third-order valence-electron chi connectivity index (χ3n) is 4.58. The molecule has 0 atom stereocenters. The third kappa shape index (κ3) is 6.29. The number of nitrogens with one attached hydrogen (secondary N) is 1. The van der Waals surface area contributed by atoms with Crippen LogP contribution in [0.25, 0.3) is 6.08 Å². The van der Waals surface area contributed by atoms with Crippen LogP contribution in [0.4, 0.5) is 0 Å². The lowest BCUT2D eigenvalue weighted by molar-refractivity contribution is -0.113. The Kier molecular flexibility index (Phi) is 7.56. The van der Waals surface area contributed by atoms with Crippen LogP contribution in [0.2, 0.25) is 0 Å². The number of hydroxylamine groups is 1. The van der Waals surface area contributed by atoms with E-state index in [1.54, 1.807) is 42.9 Å². The van der Waals surface area contributed by atoms with Crippen LogP contribution < -0.4 is 15.0 Å². The van der Waals surface area contributed by atoms with E-state index < -0.39 is 5.91 Å². The van der Waals surface area contributed by atoms with E-state index in [9.17, 15) is 9.59 Å². The van der Waals surface area contributed by atoms with E-state index in [-0.39, 0.29) is 12.2 Å². The first-order valence-corrected chi connectivity index (χ1v) is 9.68. The highest BCUT2D eigenvalue weighted by atomic mass is 16.5. The minimum absolute atomic E-state index is 0.0808. The minimum atomic E-state index is -0.595. The predicted octanol–water partition coefficient (Wildman–Crippen LogP) is 4.22. The zero-order valence-corrected chi connectivity index (χ0v) is 17.1. The van der Waals surface area contributed by atoms with Gasteiger partial charge in [0.1, 0.15) is 6.61 Å². The maximum absolute atomic E-state index is 12.3. The van der Waals surface area contributed by atoms with E-state index in [1.165, 1.54) is 6.08 Å². The van der Waals surface area contributed by atoms with Crippen LogP contribution in [-0.4, -0.2) is 24.0 Å². The summed E-state index contributed by atoms with van der Waals surface area (Å²) in [5, 5.41) is 8.64. The van der Waals surface area contributed by atoms with Crippen molar-refractivity contribution >= 4 is 17.8 Å². The quantitative estimate of drug-likeness (QED) is 0.309. The van der Waals surface area contributed by atoms with Crippen LogP contribution in [0.3, 0.4) is 0 Å². The van der Waals surface area contributed by atoms with Gasteiger partial charge in [0.25, 0.3) is 5.91 Å². The number of amides is 1. The molecule has 0 aliphatic heterocycles. The Morgan fingerprint density at radius 3 is 2.35 bits per heavy atom. The topological polar surface area (TPSA) is 84.9 Å². The summed E-state index contributed by atoms with van der Waals surface area (Å²) < 4.78 is 11.3. The smallest absolute Gasteiger partial charge is 0.274 e. The fourth-order valence-corrected chi connectivity index (χ4v) is 2.93. The van der Waals surface area contributed by atoms with Crippen molar-refractivity contribution in [2.24, 2.45) is 0 Å². The normalized spacial score (nSPS) is 10.6. The molecule has 0 heterocycles. The number of carbonyl (C=O) groups is 2. The number of benzene rings is 3. The molecule has 0 aliphatic rings. The standard InChI is InChI=1S/C25H23NO5/c1-30-24-16-19(10-14-23(24)31-17-20-5-3-2-4-6-20)9-13-22(27)15-18-7-11-21(12-8-18)25(28)26-29/h2-14,16,29H,15,17H2,1H3,(H,26,28)/b13-9+. The summed E-state index contributed by atoms with van der Waals surface area (Å²) in [5.74, 6) is 0.538. The van der Waals surface area contributed by atoms with Crippen molar-refractivity contribution in [3.63, 3.8) is 0 Å². The second kappa shape index (κ2) is 10.8. The van der Waals surface area contributed by atoms with Gasteiger partial charge in [-0.15, -0.1) is 0 Å². The first kappa shape index (κ1) is 21.8. The maximum atomic E-state index is 12.3. The Hall–Kier alpha value is -3.90. The van der Waals surface area contributed by atoms with Gasteiger partial charge in [-0.2, -0.15) is 0 Å². The zero-order valence-electron chi connectivity index (χ0n) is 17.1. The number of rotatable bonds is 9. The molecule has 0 saturated carbocycles. The molecule has 3 aromatic carbocycles. The molecule has 0 unspecified atom stereocenters. The Morgan fingerprint density at radius 2 is 1.68 bits per heavy atom. The summed E-state index contributed by atoms with van der Waals surface area (Å²) in [7, 11) is 1.57. The summed E-state index contributed by atoms with van der Waals surface area (Å²) in [6.45, 7) is 0.434. The van der Waals surface area contributed by atoms with E-state index in [4.69, 9.17) is 14.7 Å². The Labute approximate surface area is 180 Å². The molecule has 0 aromatic heterocycles. The van der Waals surface area contributed by atoms with Gasteiger partial charge in [-0.1, -0.05) is 54.6 Å². The number of hydrogen-bond acceptors (Lipinski definition) is 5. The number of allylic oxidation sites excluding steroid dienone is 1. The third-order valence-corrected chi connectivity index (χ3v) is 4.58. The molecule has 0 radical (unpaired) electrons. The van der Waals surface area contributed by atoms with Crippen molar-refractivity contribution in [3.05, 3.63) is 101 Å². The molecule has 0 bridgehead atoms. The van der Waals surface area contributed by atoms with Gasteiger partial charge >= 0.3 is 0 Å². The highest BCUT2D eigenvalue weighted by Gasteiger charge is 2.07. The fraction of sp³-hybridized carbons (Fsp3) is 0.120. The molecular formula is C25H23NO5. The summed E-state index contributed by atoms with van der Waals surface area (Å²) in [4.78, 5) is 23.6. The van der Waals surface area contributed by atoms with Crippen LogP contribution >= 0.6 is 0 Å². The van der Waals surface area contributed by atoms with Gasteiger partial charge in [-0.3, -0.25) is 14.8 Å². The summed E-state index contributed by atoms with van der Waals surface area (Å²) in [5.41, 5.74) is 4.53. The highest BCUT2D eigenvalue weighted by molar-refractivity contribution is 5.96. The van der Waals surface area contributed by atoms with Crippen LogP contribution in [0.1, 0.15) is 27.0 Å². The van der Waals surface area contributed by atoms with Crippen LogP contribution in [0.5, 0.6) is 11.5 Å². The summed E-state index contributed by atoms with van der Waals surface area (Å²) in [6, 6.07) is 21.8. The molecule has 0 fully saturated rings. The summed E-state index contributed by atoms with van der Waals surface area (Å²) >= 11 is 0. The van der Waals surface area contributed by atoms with Gasteiger partial charge in [-0.25, -0.2) is 5.48 Å². The largest absolute Gasteiger partial charge is 0.493 e. The Bertz CT molecular complexity index is 1060. The molecule has 31 heavy (non-hydrogen) atoms. The fourth-order valence-electron chi connectivity index (χ4n) is 2.93. The Morgan fingerprint density at radius 1 is 0.935 bits per heavy atom. The number of hydrogen-bond donors (Lipinski definition) is 2. The molecule has 158 valence electrons. The van der Waals surface area contributed by atoms with Crippen LogP contribution in [0.15, 0.2) is 78.9 Å². The molecule has 0 spiro atoms. The van der Waals surface area contributed by atoms with Gasteiger partial charge in [-0.05, 0) is 47.0 Å². The predicted molar refractivity (Wildman–Crippen MR) is 117 cm³/mol. The van der Waals surface area contributed by atoms with Crippen molar-refractivity contribution < 1.29 is 24.3 Å². The molecule has 6 heteroatoms. The molecule has 0 aliphatic carbocycles. The minimum Gasteiger partial charge on any atom is -0.493 e. The number of ether oxygens (including phenoxy) is 2. The lowest BCUT2D eigenvalue weighted by atomic mass is 10.1. The van der Waals surface area contributed by atoms with Gasteiger partial charge in [0.15, 0.2) is 17.3 Å². The SMILES string of the molecule is COc1cc(/C=C/C(=O)Cc2ccc(C(=O)NO)cc2)ccc1OCc1ccccc1. The lowest BCUT2D eigenvalue weighted by Gasteiger charge is -2.11. The molecule has 1 amide bonds. The zero-order chi connectivity index (χ0) is 22.1. The molecular weight excluding hydrogens is 394 g/mol. The van der Waals surface area contributed by atoms with Crippen molar-refractivity contribution in [2.75, 3.05) is 7.11 Å². The van der Waals surface area contributed by atoms with Crippen molar-refractivity contribution in [3.8, 4) is 11.5 Å². The molecule has 6 nitrogen and oxygen atoms in total. The van der Waals surface area contributed by atoms with E-state index in [0.29, 0.717) is 23.7 Å². The first-order chi connectivity index (χ1) is 15.1. The van der Waals surface area contributed by atoms with Crippen molar-refractivity contribution in [1.82, 2.24) is 5.48 Å².